The molecular formula is C23H27N5O3. The zero-order chi connectivity index (χ0) is 21.5. The van der Waals surface area contributed by atoms with Gasteiger partial charge in [0.15, 0.2) is 0 Å². The van der Waals surface area contributed by atoms with Gasteiger partial charge in [-0.25, -0.2) is 0 Å². The van der Waals surface area contributed by atoms with Crippen LogP contribution in [0.25, 0.3) is 0 Å². The number of carbonyl (C=O) groups excluding carboxylic acids is 1. The summed E-state index contributed by atoms with van der Waals surface area (Å²) in [5.74, 6) is 1.10. The van der Waals surface area contributed by atoms with Gasteiger partial charge in [0.2, 0.25) is 5.91 Å². The fraction of sp³-hybridized carbons (Fsp3) is 0.435. The van der Waals surface area contributed by atoms with Crippen LogP contribution in [0.15, 0.2) is 52.0 Å². The Morgan fingerprint density at radius 1 is 1.26 bits per heavy atom. The zero-order valence-corrected chi connectivity index (χ0v) is 17.8. The van der Waals surface area contributed by atoms with Gasteiger partial charge in [-0.1, -0.05) is 6.07 Å². The molecule has 3 aromatic rings. The molecule has 1 N–H and O–H groups in total. The molecule has 3 atom stereocenters. The lowest BCUT2D eigenvalue weighted by Gasteiger charge is -2.46. The predicted molar refractivity (Wildman–Crippen MR) is 114 cm³/mol. The van der Waals surface area contributed by atoms with E-state index in [1.165, 1.54) is 0 Å². The molecule has 162 valence electrons. The molecule has 0 aromatic carbocycles. The van der Waals surface area contributed by atoms with Crippen LogP contribution >= 0.6 is 0 Å². The highest BCUT2D eigenvalue weighted by Crippen LogP contribution is 2.41. The largest absolute Gasteiger partial charge is 0.468 e. The van der Waals surface area contributed by atoms with Crippen LogP contribution in [0.4, 0.5) is 0 Å². The van der Waals surface area contributed by atoms with Gasteiger partial charge in [0, 0.05) is 61.5 Å². The lowest BCUT2D eigenvalue weighted by Crippen LogP contribution is -2.53. The minimum atomic E-state index is -0.517. The average molecular weight is 422 g/mol. The van der Waals surface area contributed by atoms with Crippen LogP contribution in [0.3, 0.4) is 0 Å². The van der Waals surface area contributed by atoms with E-state index in [1.807, 2.05) is 32.2 Å². The fourth-order valence-corrected chi connectivity index (χ4v) is 5.12. The van der Waals surface area contributed by atoms with E-state index in [2.05, 4.69) is 15.3 Å². The van der Waals surface area contributed by atoms with Crippen molar-refractivity contribution in [2.24, 2.45) is 13.0 Å². The lowest BCUT2D eigenvalue weighted by atomic mass is 9.78. The van der Waals surface area contributed by atoms with Gasteiger partial charge in [-0.15, -0.1) is 0 Å². The quantitative estimate of drug-likeness (QED) is 0.681. The van der Waals surface area contributed by atoms with Crippen molar-refractivity contribution in [3.63, 3.8) is 0 Å². The summed E-state index contributed by atoms with van der Waals surface area (Å²) in [6.07, 6.45) is 4.37. The van der Waals surface area contributed by atoms with Gasteiger partial charge in [0.1, 0.15) is 11.8 Å². The first-order valence-corrected chi connectivity index (χ1v) is 10.7. The summed E-state index contributed by atoms with van der Waals surface area (Å²) >= 11 is 0. The Morgan fingerprint density at radius 3 is 2.87 bits per heavy atom. The molecular weight excluding hydrogens is 394 g/mol. The maximum atomic E-state index is 13.4. The van der Waals surface area contributed by atoms with Crippen molar-refractivity contribution in [3.8, 4) is 0 Å². The van der Waals surface area contributed by atoms with Gasteiger partial charge >= 0.3 is 0 Å². The number of aromatic nitrogens is 3. The first kappa shape index (κ1) is 19.8. The number of likely N-dealkylation sites (tertiary alicyclic amines) is 1. The Balaban J connectivity index is 1.42. The summed E-state index contributed by atoms with van der Waals surface area (Å²) < 4.78 is 9.06. The van der Waals surface area contributed by atoms with Gasteiger partial charge < -0.3 is 9.73 Å². The van der Waals surface area contributed by atoms with Crippen LogP contribution in [0, 0.1) is 12.8 Å². The summed E-state index contributed by atoms with van der Waals surface area (Å²) in [5, 5.41) is 7.31. The molecule has 0 spiro atoms. The number of amides is 1. The molecule has 0 saturated carbocycles. The van der Waals surface area contributed by atoms with Crippen molar-refractivity contribution in [3.05, 3.63) is 75.9 Å². The highest BCUT2D eigenvalue weighted by molar-refractivity contribution is 5.81. The molecule has 0 unspecified atom stereocenters. The van der Waals surface area contributed by atoms with Gasteiger partial charge in [-0.3, -0.25) is 23.7 Å². The highest BCUT2D eigenvalue weighted by Gasteiger charge is 2.43. The second-order valence-corrected chi connectivity index (χ2v) is 8.67. The monoisotopic (exact) mass is 421 g/mol. The molecule has 5 heterocycles. The SMILES string of the molecule is Cc1c(CNC(=O)[C@H]2[C@@H]3C[C@@H](CN(Cc4ccco4)C3)c3cccc(=O)n32)cnn1C. The van der Waals surface area contributed by atoms with Crippen molar-refractivity contribution < 1.29 is 9.21 Å². The topological polar surface area (TPSA) is 85.3 Å². The number of fused-ring (bicyclic) bond motifs is 4. The van der Waals surface area contributed by atoms with Crippen LogP contribution < -0.4 is 10.9 Å². The second kappa shape index (κ2) is 7.85. The summed E-state index contributed by atoms with van der Waals surface area (Å²) in [4.78, 5) is 28.6. The number of nitrogens with one attached hydrogen (secondary N) is 1. The van der Waals surface area contributed by atoms with Gasteiger partial charge in [0.25, 0.3) is 5.56 Å². The van der Waals surface area contributed by atoms with E-state index in [0.717, 1.165) is 42.2 Å². The Hall–Kier alpha value is -3.13. The molecule has 1 saturated heterocycles. The summed E-state index contributed by atoms with van der Waals surface area (Å²) in [5.41, 5.74) is 2.84. The summed E-state index contributed by atoms with van der Waals surface area (Å²) in [7, 11) is 1.88. The predicted octanol–water partition coefficient (Wildman–Crippen LogP) is 1.96. The van der Waals surface area contributed by atoms with Gasteiger partial charge in [-0.2, -0.15) is 5.10 Å². The Bertz CT molecular complexity index is 1150. The number of hydrogen-bond donors (Lipinski definition) is 1. The molecule has 5 rings (SSSR count). The van der Waals surface area contributed by atoms with Crippen LogP contribution in [-0.2, 0) is 24.9 Å². The van der Waals surface area contributed by atoms with E-state index in [9.17, 15) is 9.59 Å². The third-order valence-electron chi connectivity index (χ3n) is 6.74. The molecule has 31 heavy (non-hydrogen) atoms. The molecule has 1 fully saturated rings. The van der Waals surface area contributed by atoms with Crippen LogP contribution in [-0.4, -0.2) is 38.2 Å². The summed E-state index contributed by atoms with van der Waals surface area (Å²) in [6.45, 7) is 4.69. The van der Waals surface area contributed by atoms with E-state index >= 15 is 0 Å². The minimum Gasteiger partial charge on any atom is -0.468 e. The summed E-state index contributed by atoms with van der Waals surface area (Å²) in [6, 6.07) is 8.69. The van der Waals surface area contributed by atoms with Gasteiger partial charge in [-0.05, 0) is 31.5 Å². The van der Waals surface area contributed by atoms with Gasteiger partial charge in [0.05, 0.1) is 19.0 Å². The molecule has 1 amide bonds. The maximum absolute atomic E-state index is 13.4. The number of hydrogen-bond acceptors (Lipinski definition) is 5. The molecule has 2 aliphatic heterocycles. The standard InChI is InChI=1S/C23H27N5O3/c1-15-18(11-25-26(15)2)10-24-23(30)22-17-9-16(20-6-3-7-21(29)28(20)22)12-27(13-17)14-19-5-4-8-31-19/h3-8,11,16-17,22H,9-10,12-14H2,1-2H3,(H,24,30)/t16-,17+,22+/m0/s1. The van der Waals surface area contributed by atoms with Crippen molar-refractivity contribution in [1.82, 2.24) is 24.6 Å². The van der Waals surface area contributed by atoms with E-state index < -0.39 is 6.04 Å². The smallest absolute Gasteiger partial charge is 0.251 e. The number of aryl methyl sites for hydroxylation is 1. The average Bonchev–Trinajstić information content (AvgIpc) is 3.37. The van der Waals surface area contributed by atoms with Crippen molar-refractivity contribution in [1.29, 1.82) is 0 Å². The van der Waals surface area contributed by atoms with E-state index in [-0.39, 0.29) is 23.3 Å². The maximum Gasteiger partial charge on any atom is 0.251 e. The molecule has 2 aliphatic rings. The zero-order valence-electron chi connectivity index (χ0n) is 17.8. The second-order valence-electron chi connectivity index (χ2n) is 8.67. The number of rotatable bonds is 5. The number of carbonyl (C=O) groups is 1. The number of nitrogens with zero attached hydrogens (tertiary/aromatic N) is 4. The molecule has 8 heteroatoms. The van der Waals surface area contributed by atoms with Crippen molar-refractivity contribution in [2.75, 3.05) is 13.1 Å². The first-order valence-electron chi connectivity index (χ1n) is 10.7. The van der Waals surface area contributed by atoms with Crippen LogP contribution in [0.5, 0.6) is 0 Å². The highest BCUT2D eigenvalue weighted by atomic mass is 16.3. The Kier molecular flexibility index (Phi) is 5.02. The van der Waals surface area contributed by atoms with E-state index in [0.29, 0.717) is 13.1 Å². The fourth-order valence-electron chi connectivity index (χ4n) is 5.12. The van der Waals surface area contributed by atoms with E-state index in [4.69, 9.17) is 4.42 Å². The lowest BCUT2D eigenvalue weighted by molar-refractivity contribution is -0.128. The third-order valence-corrected chi connectivity index (χ3v) is 6.74. The molecule has 8 nitrogen and oxygen atoms in total. The van der Waals surface area contributed by atoms with E-state index in [1.54, 1.807) is 33.8 Å². The molecule has 0 radical (unpaired) electrons. The normalized spacial score (nSPS) is 22.8. The Morgan fingerprint density at radius 2 is 2.13 bits per heavy atom. The number of furan rings is 1. The first-order chi connectivity index (χ1) is 15.0. The van der Waals surface area contributed by atoms with Crippen LogP contribution in [0.1, 0.15) is 41.1 Å². The minimum absolute atomic E-state index is 0.0660. The molecule has 0 aliphatic carbocycles. The molecule has 3 aromatic heterocycles. The van der Waals surface area contributed by atoms with Crippen molar-refractivity contribution in [2.45, 2.75) is 38.4 Å². The Labute approximate surface area is 180 Å². The third kappa shape index (κ3) is 3.61. The number of piperidine rings is 1. The number of pyridine rings is 1. The van der Waals surface area contributed by atoms with Crippen molar-refractivity contribution >= 4 is 5.91 Å². The molecule has 2 bridgehead atoms. The van der Waals surface area contributed by atoms with Crippen LogP contribution in [0.2, 0.25) is 0 Å².